The molecule has 21 heavy (non-hydrogen) atoms. The van der Waals surface area contributed by atoms with Gasteiger partial charge in [-0.2, -0.15) is 0 Å². The highest BCUT2D eigenvalue weighted by molar-refractivity contribution is 6.42. The van der Waals surface area contributed by atoms with E-state index in [1.54, 1.807) is 32.0 Å². The molecule has 3 nitrogen and oxygen atoms in total. The number of anilines is 1. The summed E-state index contributed by atoms with van der Waals surface area (Å²) in [6.07, 6.45) is 0. The maximum Gasteiger partial charge on any atom is 0.259 e. The fourth-order valence-corrected chi connectivity index (χ4v) is 2.61. The lowest BCUT2D eigenvalue weighted by molar-refractivity contribution is 0.102. The molecule has 0 aliphatic rings. The van der Waals surface area contributed by atoms with Gasteiger partial charge in [0, 0.05) is 5.69 Å². The highest BCUT2D eigenvalue weighted by Crippen LogP contribution is 2.29. The summed E-state index contributed by atoms with van der Waals surface area (Å²) in [5, 5.41) is 3.96. The van der Waals surface area contributed by atoms with Crippen molar-refractivity contribution in [2.75, 3.05) is 5.32 Å². The molecule has 7 heteroatoms. The van der Waals surface area contributed by atoms with Crippen molar-refractivity contribution in [3.05, 3.63) is 55.2 Å². The van der Waals surface area contributed by atoms with Crippen molar-refractivity contribution >= 4 is 58.0 Å². The summed E-state index contributed by atoms with van der Waals surface area (Å²) in [4.78, 5) is 16.4. The van der Waals surface area contributed by atoms with E-state index in [0.29, 0.717) is 32.0 Å². The summed E-state index contributed by atoms with van der Waals surface area (Å²) >= 11 is 23.9. The molecule has 1 aromatic heterocycles. The van der Waals surface area contributed by atoms with Gasteiger partial charge >= 0.3 is 0 Å². The number of carbonyl (C=O) groups is 1. The Bertz CT molecular complexity index is 731. The van der Waals surface area contributed by atoms with Crippen molar-refractivity contribution in [2.24, 2.45) is 0 Å². The fourth-order valence-electron chi connectivity index (χ4n) is 1.82. The van der Waals surface area contributed by atoms with Crippen LogP contribution in [-0.2, 0) is 0 Å². The molecule has 0 spiro atoms. The maximum atomic E-state index is 12.3. The second-order valence-electron chi connectivity index (χ2n) is 4.39. The SMILES string of the molecule is Cc1nc(Cl)c(C(=O)Nc2ccc(Cl)c(Cl)c2)c(C)c1Cl. The van der Waals surface area contributed by atoms with Gasteiger partial charge in [-0.3, -0.25) is 4.79 Å². The number of rotatable bonds is 2. The molecule has 0 atom stereocenters. The summed E-state index contributed by atoms with van der Waals surface area (Å²) in [6.45, 7) is 3.44. The molecule has 0 fully saturated rings. The molecule has 2 aromatic rings. The van der Waals surface area contributed by atoms with Crippen molar-refractivity contribution in [1.29, 1.82) is 0 Å². The summed E-state index contributed by atoms with van der Waals surface area (Å²) in [6, 6.07) is 4.78. The van der Waals surface area contributed by atoms with Crippen LogP contribution in [0.1, 0.15) is 21.6 Å². The quantitative estimate of drug-likeness (QED) is 0.709. The molecule has 2 rings (SSSR count). The Kier molecular flexibility index (Phi) is 4.99. The average molecular weight is 364 g/mol. The molecule has 0 aliphatic carbocycles. The number of benzene rings is 1. The zero-order valence-corrected chi connectivity index (χ0v) is 14.1. The van der Waals surface area contributed by atoms with E-state index in [9.17, 15) is 4.79 Å². The van der Waals surface area contributed by atoms with Crippen LogP contribution in [-0.4, -0.2) is 10.9 Å². The van der Waals surface area contributed by atoms with E-state index in [1.807, 2.05) is 0 Å². The maximum absolute atomic E-state index is 12.3. The number of aromatic nitrogens is 1. The van der Waals surface area contributed by atoms with E-state index in [1.165, 1.54) is 0 Å². The van der Waals surface area contributed by atoms with Gasteiger partial charge < -0.3 is 5.32 Å². The number of halogens is 4. The van der Waals surface area contributed by atoms with Crippen molar-refractivity contribution in [2.45, 2.75) is 13.8 Å². The third-order valence-electron chi connectivity index (χ3n) is 2.90. The third-order valence-corrected chi connectivity index (χ3v) is 4.47. The van der Waals surface area contributed by atoms with Crippen LogP contribution in [0.5, 0.6) is 0 Å². The first-order valence-corrected chi connectivity index (χ1v) is 7.41. The van der Waals surface area contributed by atoms with Crippen LogP contribution in [0.15, 0.2) is 18.2 Å². The second-order valence-corrected chi connectivity index (χ2v) is 5.94. The van der Waals surface area contributed by atoms with E-state index in [-0.39, 0.29) is 10.7 Å². The Morgan fingerprint density at radius 1 is 1.10 bits per heavy atom. The number of hydrogen-bond acceptors (Lipinski definition) is 2. The molecule has 0 bridgehead atoms. The zero-order chi connectivity index (χ0) is 15.7. The minimum Gasteiger partial charge on any atom is -0.322 e. The monoisotopic (exact) mass is 362 g/mol. The normalized spacial score (nSPS) is 10.6. The van der Waals surface area contributed by atoms with Crippen LogP contribution >= 0.6 is 46.4 Å². The van der Waals surface area contributed by atoms with Crippen LogP contribution in [0.2, 0.25) is 20.2 Å². The van der Waals surface area contributed by atoms with Crippen LogP contribution in [0.25, 0.3) is 0 Å². The lowest BCUT2D eigenvalue weighted by atomic mass is 10.1. The van der Waals surface area contributed by atoms with E-state index in [4.69, 9.17) is 46.4 Å². The smallest absolute Gasteiger partial charge is 0.259 e. The van der Waals surface area contributed by atoms with Crippen molar-refractivity contribution in [3.8, 4) is 0 Å². The Labute approximate surface area is 142 Å². The van der Waals surface area contributed by atoms with E-state index in [2.05, 4.69) is 10.3 Å². The average Bonchev–Trinajstić information content (AvgIpc) is 2.40. The third kappa shape index (κ3) is 3.43. The predicted octanol–water partition coefficient (Wildman–Crippen LogP) is 5.56. The number of carbonyl (C=O) groups excluding carboxylic acids is 1. The Balaban J connectivity index is 2.37. The molecule has 1 aromatic carbocycles. The highest BCUT2D eigenvalue weighted by atomic mass is 35.5. The van der Waals surface area contributed by atoms with Crippen LogP contribution in [0, 0.1) is 13.8 Å². The van der Waals surface area contributed by atoms with Gasteiger partial charge in [0.25, 0.3) is 5.91 Å². The molecule has 110 valence electrons. The molecule has 0 saturated heterocycles. The van der Waals surface area contributed by atoms with Gasteiger partial charge in [-0.1, -0.05) is 46.4 Å². The first kappa shape index (κ1) is 16.4. The number of hydrogen-bond donors (Lipinski definition) is 1. The van der Waals surface area contributed by atoms with Crippen molar-refractivity contribution < 1.29 is 4.79 Å². The summed E-state index contributed by atoms with van der Waals surface area (Å²) < 4.78 is 0. The molecule has 0 saturated carbocycles. The summed E-state index contributed by atoms with van der Waals surface area (Å²) in [5.74, 6) is -0.412. The minimum absolute atomic E-state index is 0.104. The summed E-state index contributed by atoms with van der Waals surface area (Å²) in [5.41, 5.74) is 1.89. The van der Waals surface area contributed by atoms with Crippen molar-refractivity contribution in [1.82, 2.24) is 4.98 Å². The fraction of sp³-hybridized carbons (Fsp3) is 0.143. The molecule has 0 radical (unpaired) electrons. The Morgan fingerprint density at radius 2 is 1.76 bits per heavy atom. The van der Waals surface area contributed by atoms with Gasteiger partial charge in [0.15, 0.2) is 0 Å². The Hall–Kier alpha value is -1.000. The standard InChI is InChI=1S/C14H10Cl4N2O/c1-6-11(13(18)19-7(2)12(6)17)14(21)20-8-3-4-9(15)10(16)5-8/h3-5H,1-2H3,(H,20,21). The van der Waals surface area contributed by atoms with Gasteiger partial charge in [-0.15, -0.1) is 0 Å². The predicted molar refractivity (Wildman–Crippen MR) is 88.1 cm³/mol. The number of nitrogens with one attached hydrogen (secondary N) is 1. The highest BCUT2D eigenvalue weighted by Gasteiger charge is 2.19. The molecule has 0 aliphatic heterocycles. The van der Waals surface area contributed by atoms with Gasteiger partial charge in [0.05, 0.1) is 26.3 Å². The zero-order valence-electron chi connectivity index (χ0n) is 11.1. The molecule has 1 N–H and O–H groups in total. The molecule has 1 amide bonds. The van der Waals surface area contributed by atoms with E-state index >= 15 is 0 Å². The lowest BCUT2D eigenvalue weighted by Gasteiger charge is -2.12. The van der Waals surface area contributed by atoms with Crippen LogP contribution in [0.3, 0.4) is 0 Å². The van der Waals surface area contributed by atoms with E-state index in [0.717, 1.165) is 0 Å². The van der Waals surface area contributed by atoms with Gasteiger partial charge in [0.2, 0.25) is 0 Å². The van der Waals surface area contributed by atoms with Gasteiger partial charge in [0.1, 0.15) is 5.15 Å². The van der Waals surface area contributed by atoms with Gasteiger partial charge in [-0.05, 0) is 37.6 Å². The minimum atomic E-state index is -0.412. The van der Waals surface area contributed by atoms with E-state index < -0.39 is 5.91 Å². The first-order chi connectivity index (χ1) is 9.81. The number of nitrogens with zero attached hydrogens (tertiary/aromatic N) is 1. The van der Waals surface area contributed by atoms with Crippen LogP contribution in [0.4, 0.5) is 5.69 Å². The molecular formula is C14H10Cl4N2O. The van der Waals surface area contributed by atoms with Crippen molar-refractivity contribution in [3.63, 3.8) is 0 Å². The lowest BCUT2D eigenvalue weighted by Crippen LogP contribution is -2.15. The number of pyridine rings is 1. The largest absolute Gasteiger partial charge is 0.322 e. The number of amides is 1. The molecular weight excluding hydrogens is 354 g/mol. The Morgan fingerprint density at radius 3 is 2.38 bits per heavy atom. The molecule has 0 unspecified atom stereocenters. The second kappa shape index (κ2) is 6.41. The van der Waals surface area contributed by atoms with Crippen LogP contribution < -0.4 is 5.32 Å². The molecule has 1 heterocycles. The van der Waals surface area contributed by atoms with Gasteiger partial charge in [-0.25, -0.2) is 4.98 Å². The first-order valence-electron chi connectivity index (χ1n) is 5.90. The summed E-state index contributed by atoms with van der Waals surface area (Å²) in [7, 11) is 0. The topological polar surface area (TPSA) is 42.0 Å². The number of aryl methyl sites for hydroxylation is 1.